The molecule has 114 valence electrons. The lowest BCUT2D eigenvalue weighted by atomic mass is 10.2. The number of carbonyl (C=O) groups excluding carboxylic acids is 1. The predicted octanol–water partition coefficient (Wildman–Crippen LogP) is 2.97. The van der Waals surface area contributed by atoms with E-state index in [0.29, 0.717) is 11.4 Å². The molecular weight excluding hydrogens is 292 g/mol. The van der Waals surface area contributed by atoms with Crippen molar-refractivity contribution in [2.75, 3.05) is 0 Å². The Hall–Kier alpha value is -3.15. The van der Waals surface area contributed by atoms with Gasteiger partial charge < -0.3 is 9.73 Å². The van der Waals surface area contributed by atoms with Crippen molar-refractivity contribution in [2.24, 2.45) is 0 Å². The lowest BCUT2D eigenvalue weighted by molar-refractivity contribution is 0.0912. The third-order valence-electron chi connectivity index (χ3n) is 3.72. The second-order valence-corrected chi connectivity index (χ2v) is 5.33. The van der Waals surface area contributed by atoms with Crippen molar-refractivity contribution in [1.29, 1.82) is 0 Å². The molecule has 6 heteroatoms. The van der Waals surface area contributed by atoms with E-state index in [9.17, 15) is 4.79 Å². The number of furan rings is 1. The van der Waals surface area contributed by atoms with Crippen LogP contribution in [-0.4, -0.2) is 20.5 Å². The fraction of sp³-hybridized carbons (Fsp3) is 0.118. The number of nitrogens with zero attached hydrogens (tertiary/aromatic N) is 3. The topological polar surface area (TPSA) is 72.4 Å². The molecule has 0 fully saturated rings. The number of para-hydroxylation sites is 1. The van der Waals surface area contributed by atoms with Crippen molar-refractivity contribution < 1.29 is 9.21 Å². The third kappa shape index (κ3) is 2.34. The summed E-state index contributed by atoms with van der Waals surface area (Å²) in [5.41, 5.74) is 1.44. The first-order valence-electron chi connectivity index (χ1n) is 7.31. The summed E-state index contributed by atoms with van der Waals surface area (Å²) in [5, 5.41) is 12.0. The minimum absolute atomic E-state index is 0.276. The molecule has 0 aliphatic carbocycles. The Balaban J connectivity index is 1.60. The molecule has 3 heterocycles. The summed E-state index contributed by atoms with van der Waals surface area (Å²) in [7, 11) is 0. The average molecular weight is 306 g/mol. The number of nitrogens with one attached hydrogen (secondary N) is 1. The fourth-order valence-electron chi connectivity index (χ4n) is 2.58. The first-order valence-corrected chi connectivity index (χ1v) is 7.31. The van der Waals surface area contributed by atoms with Crippen molar-refractivity contribution in [3.05, 3.63) is 66.3 Å². The van der Waals surface area contributed by atoms with Crippen LogP contribution < -0.4 is 5.32 Å². The normalized spacial score (nSPS) is 12.6. The Morgan fingerprint density at radius 3 is 2.87 bits per heavy atom. The minimum Gasteiger partial charge on any atom is -0.451 e. The third-order valence-corrected chi connectivity index (χ3v) is 3.72. The second kappa shape index (κ2) is 5.24. The van der Waals surface area contributed by atoms with Crippen LogP contribution in [0.15, 0.2) is 59.1 Å². The molecule has 0 aliphatic rings. The highest BCUT2D eigenvalue weighted by Gasteiger charge is 2.19. The van der Waals surface area contributed by atoms with Gasteiger partial charge in [-0.1, -0.05) is 24.3 Å². The lowest BCUT2D eigenvalue weighted by Crippen LogP contribution is -2.27. The van der Waals surface area contributed by atoms with Gasteiger partial charge in [0, 0.05) is 11.6 Å². The highest BCUT2D eigenvalue weighted by atomic mass is 16.3. The van der Waals surface area contributed by atoms with Crippen molar-refractivity contribution >= 4 is 22.5 Å². The number of benzene rings is 1. The number of hydrogen-bond donors (Lipinski definition) is 1. The predicted molar refractivity (Wildman–Crippen MR) is 85.1 cm³/mol. The highest BCUT2D eigenvalue weighted by molar-refractivity contribution is 5.96. The maximum absolute atomic E-state index is 12.4. The molecule has 4 rings (SSSR count). The van der Waals surface area contributed by atoms with Crippen LogP contribution in [0, 0.1) is 0 Å². The molecule has 0 aliphatic heterocycles. The van der Waals surface area contributed by atoms with Crippen molar-refractivity contribution in [1.82, 2.24) is 19.9 Å². The smallest absolute Gasteiger partial charge is 0.287 e. The Bertz CT molecular complexity index is 969. The van der Waals surface area contributed by atoms with Crippen LogP contribution in [0.4, 0.5) is 0 Å². The van der Waals surface area contributed by atoms with E-state index >= 15 is 0 Å². The molecule has 0 radical (unpaired) electrons. The molecule has 0 saturated carbocycles. The number of carbonyl (C=O) groups is 1. The minimum atomic E-state index is -0.298. The first kappa shape index (κ1) is 13.5. The molecule has 3 aromatic heterocycles. The van der Waals surface area contributed by atoms with E-state index in [4.69, 9.17) is 4.42 Å². The van der Waals surface area contributed by atoms with Crippen molar-refractivity contribution in [3.8, 4) is 0 Å². The Labute approximate surface area is 131 Å². The van der Waals surface area contributed by atoms with Gasteiger partial charge in [0.25, 0.3) is 5.91 Å². The van der Waals surface area contributed by atoms with Gasteiger partial charge in [-0.05, 0) is 31.2 Å². The first-order chi connectivity index (χ1) is 11.2. The van der Waals surface area contributed by atoms with Gasteiger partial charge in [-0.2, -0.15) is 0 Å². The molecule has 1 N–H and O–H groups in total. The lowest BCUT2D eigenvalue weighted by Gasteiger charge is -2.10. The van der Waals surface area contributed by atoms with Gasteiger partial charge in [0.1, 0.15) is 5.58 Å². The van der Waals surface area contributed by atoms with E-state index in [0.717, 1.165) is 11.0 Å². The number of pyridine rings is 1. The summed E-state index contributed by atoms with van der Waals surface area (Å²) in [4.78, 5) is 12.4. The van der Waals surface area contributed by atoms with Crippen molar-refractivity contribution in [3.63, 3.8) is 0 Å². The quantitative estimate of drug-likeness (QED) is 0.631. The zero-order chi connectivity index (χ0) is 15.8. The monoisotopic (exact) mass is 306 g/mol. The summed E-state index contributed by atoms with van der Waals surface area (Å²) in [6.45, 7) is 1.87. The van der Waals surface area contributed by atoms with Crippen LogP contribution in [0.25, 0.3) is 16.6 Å². The van der Waals surface area contributed by atoms with E-state index in [1.54, 1.807) is 6.07 Å². The molecule has 1 amide bonds. The largest absolute Gasteiger partial charge is 0.451 e. The molecule has 0 saturated heterocycles. The van der Waals surface area contributed by atoms with Crippen LogP contribution >= 0.6 is 0 Å². The molecule has 0 unspecified atom stereocenters. The van der Waals surface area contributed by atoms with Crippen LogP contribution in [0.5, 0.6) is 0 Å². The van der Waals surface area contributed by atoms with Crippen LogP contribution in [0.2, 0.25) is 0 Å². The number of rotatable bonds is 3. The van der Waals surface area contributed by atoms with Gasteiger partial charge in [-0.25, -0.2) is 0 Å². The average Bonchev–Trinajstić information content (AvgIpc) is 3.18. The Morgan fingerprint density at radius 1 is 1.17 bits per heavy atom. The van der Waals surface area contributed by atoms with E-state index < -0.39 is 0 Å². The maximum Gasteiger partial charge on any atom is 0.287 e. The maximum atomic E-state index is 12.4. The fourth-order valence-corrected chi connectivity index (χ4v) is 2.58. The molecule has 23 heavy (non-hydrogen) atoms. The number of fused-ring (bicyclic) bond motifs is 2. The zero-order valence-electron chi connectivity index (χ0n) is 12.4. The standard InChI is InChI=1S/C17H14N4O2/c1-11(16-20-19-15-8-4-5-9-21(15)16)18-17(22)14-10-12-6-2-3-7-13(12)23-14/h2-11H,1H3,(H,18,22)/t11-/m0/s1. The van der Waals surface area contributed by atoms with E-state index in [1.807, 2.05) is 60.0 Å². The molecule has 1 atom stereocenters. The summed E-state index contributed by atoms with van der Waals surface area (Å²) >= 11 is 0. The Kier molecular flexibility index (Phi) is 3.08. The second-order valence-electron chi connectivity index (χ2n) is 5.33. The molecule has 0 spiro atoms. The van der Waals surface area contributed by atoms with Gasteiger partial charge >= 0.3 is 0 Å². The highest BCUT2D eigenvalue weighted by Crippen LogP contribution is 2.20. The van der Waals surface area contributed by atoms with Crippen LogP contribution in [0.1, 0.15) is 29.3 Å². The molecule has 4 aromatic rings. The number of hydrogen-bond acceptors (Lipinski definition) is 4. The van der Waals surface area contributed by atoms with Gasteiger partial charge in [0.2, 0.25) is 0 Å². The van der Waals surface area contributed by atoms with Gasteiger partial charge in [-0.3, -0.25) is 9.20 Å². The van der Waals surface area contributed by atoms with E-state index in [1.165, 1.54) is 0 Å². The van der Waals surface area contributed by atoms with Crippen LogP contribution in [-0.2, 0) is 0 Å². The zero-order valence-corrected chi connectivity index (χ0v) is 12.4. The van der Waals surface area contributed by atoms with E-state index in [-0.39, 0.29) is 17.7 Å². The SMILES string of the molecule is C[C@H](NC(=O)c1cc2ccccc2o1)c1nnc2ccccn12. The van der Waals surface area contributed by atoms with Gasteiger partial charge in [-0.15, -0.1) is 10.2 Å². The number of amides is 1. The van der Waals surface area contributed by atoms with Gasteiger partial charge in [0.15, 0.2) is 17.2 Å². The van der Waals surface area contributed by atoms with Crippen molar-refractivity contribution in [2.45, 2.75) is 13.0 Å². The Morgan fingerprint density at radius 2 is 2.00 bits per heavy atom. The van der Waals surface area contributed by atoms with Gasteiger partial charge in [0.05, 0.1) is 6.04 Å². The summed E-state index contributed by atoms with van der Waals surface area (Å²) in [6.07, 6.45) is 1.87. The van der Waals surface area contributed by atoms with E-state index in [2.05, 4.69) is 15.5 Å². The van der Waals surface area contributed by atoms with Crippen LogP contribution in [0.3, 0.4) is 0 Å². The molecular formula is C17H14N4O2. The molecule has 6 nitrogen and oxygen atoms in total. The summed E-state index contributed by atoms with van der Waals surface area (Å²) < 4.78 is 7.43. The molecule has 1 aromatic carbocycles. The summed E-state index contributed by atoms with van der Waals surface area (Å²) in [5.74, 6) is 0.679. The molecule has 0 bridgehead atoms. The number of aromatic nitrogens is 3. The summed E-state index contributed by atoms with van der Waals surface area (Å²) in [6, 6.07) is 14.6.